The number of morpholine rings is 1. The van der Waals surface area contributed by atoms with Gasteiger partial charge in [0.25, 0.3) is 0 Å². The molecule has 0 bridgehead atoms. The first-order valence-corrected chi connectivity index (χ1v) is 10.6. The van der Waals surface area contributed by atoms with E-state index >= 15 is 0 Å². The van der Waals surface area contributed by atoms with Crippen LogP contribution < -0.4 is 10.6 Å². The second-order valence-electron chi connectivity index (χ2n) is 6.20. The van der Waals surface area contributed by atoms with E-state index in [1.165, 1.54) is 6.07 Å². The van der Waals surface area contributed by atoms with Crippen molar-refractivity contribution in [2.75, 3.05) is 51.8 Å². The third-order valence-electron chi connectivity index (χ3n) is 4.33. The number of nitrogens with zero attached hydrogens (tertiary/aromatic N) is 2. The van der Waals surface area contributed by atoms with E-state index in [4.69, 9.17) is 16.3 Å². The van der Waals surface area contributed by atoms with Gasteiger partial charge in [-0.1, -0.05) is 17.7 Å². The van der Waals surface area contributed by atoms with E-state index in [0.717, 1.165) is 25.4 Å². The van der Waals surface area contributed by atoms with Crippen LogP contribution in [0.25, 0.3) is 0 Å². The lowest BCUT2D eigenvalue weighted by Gasteiger charge is -2.38. The minimum absolute atomic E-state index is 0.107. The fraction of sp³-hybridized carbons (Fsp3) is 0.611. The molecule has 146 valence electrons. The molecule has 2 rings (SSSR count). The fourth-order valence-corrected chi connectivity index (χ4v) is 3.65. The second-order valence-corrected chi connectivity index (χ2v) is 7.59. The van der Waals surface area contributed by atoms with Gasteiger partial charge in [-0.15, -0.1) is 0 Å². The smallest absolute Gasteiger partial charge is 0.191 e. The molecule has 1 saturated heterocycles. The van der Waals surface area contributed by atoms with Crippen molar-refractivity contribution < 1.29 is 9.13 Å². The second kappa shape index (κ2) is 11.0. The van der Waals surface area contributed by atoms with E-state index < -0.39 is 0 Å². The molecule has 1 fully saturated rings. The van der Waals surface area contributed by atoms with Crippen molar-refractivity contribution in [3.05, 3.63) is 34.6 Å². The normalized spacial score (nSPS) is 20.0. The summed E-state index contributed by atoms with van der Waals surface area (Å²) in [6.45, 7) is 5.45. The van der Waals surface area contributed by atoms with Crippen molar-refractivity contribution in [3.8, 4) is 0 Å². The summed E-state index contributed by atoms with van der Waals surface area (Å²) in [7, 11) is 1.73. The number of aliphatic imine (C=N–C) groups is 1. The van der Waals surface area contributed by atoms with Crippen LogP contribution in [0.4, 0.5) is 4.39 Å². The van der Waals surface area contributed by atoms with Crippen molar-refractivity contribution in [1.82, 2.24) is 15.5 Å². The van der Waals surface area contributed by atoms with Crippen LogP contribution in [0.5, 0.6) is 0 Å². The molecule has 0 aliphatic carbocycles. The average Bonchev–Trinajstić information content (AvgIpc) is 2.62. The first kappa shape index (κ1) is 21.3. The number of hydrogen-bond donors (Lipinski definition) is 2. The molecule has 2 unspecified atom stereocenters. The van der Waals surface area contributed by atoms with Crippen LogP contribution in [0.2, 0.25) is 5.02 Å². The highest BCUT2D eigenvalue weighted by Gasteiger charge is 2.29. The van der Waals surface area contributed by atoms with Crippen LogP contribution in [0.1, 0.15) is 18.5 Å². The SMILES string of the molecule is CN=C(NCCSC)NCC(c1c(F)cccc1Cl)N1CCOC(C)C1. The predicted molar refractivity (Wildman–Crippen MR) is 109 cm³/mol. The van der Waals surface area contributed by atoms with Crippen LogP contribution in [0.3, 0.4) is 0 Å². The van der Waals surface area contributed by atoms with Crippen LogP contribution in [-0.2, 0) is 4.74 Å². The van der Waals surface area contributed by atoms with Crippen molar-refractivity contribution in [1.29, 1.82) is 0 Å². The minimum atomic E-state index is -0.284. The highest BCUT2D eigenvalue weighted by Crippen LogP contribution is 2.31. The lowest BCUT2D eigenvalue weighted by atomic mass is 10.0. The van der Waals surface area contributed by atoms with Gasteiger partial charge >= 0.3 is 0 Å². The van der Waals surface area contributed by atoms with E-state index in [1.807, 2.05) is 6.92 Å². The number of rotatable bonds is 7. The highest BCUT2D eigenvalue weighted by molar-refractivity contribution is 7.98. The summed E-state index contributed by atoms with van der Waals surface area (Å²) in [6.07, 6.45) is 2.17. The zero-order valence-corrected chi connectivity index (χ0v) is 17.2. The molecule has 0 radical (unpaired) electrons. The van der Waals surface area contributed by atoms with Gasteiger partial charge in [0.05, 0.1) is 18.8 Å². The molecule has 5 nitrogen and oxygen atoms in total. The Morgan fingerprint density at radius 1 is 1.50 bits per heavy atom. The monoisotopic (exact) mass is 402 g/mol. The lowest BCUT2D eigenvalue weighted by molar-refractivity contribution is -0.0343. The molecular weight excluding hydrogens is 375 g/mol. The Morgan fingerprint density at radius 2 is 2.31 bits per heavy atom. The van der Waals surface area contributed by atoms with Gasteiger partial charge in [-0.05, 0) is 25.3 Å². The topological polar surface area (TPSA) is 48.9 Å². The Hall–Kier alpha value is -1.02. The summed E-state index contributed by atoms with van der Waals surface area (Å²) in [4.78, 5) is 6.47. The number of benzene rings is 1. The quantitative estimate of drug-likeness (QED) is 0.417. The van der Waals surface area contributed by atoms with E-state index in [0.29, 0.717) is 29.7 Å². The molecule has 0 aromatic heterocycles. The molecule has 8 heteroatoms. The van der Waals surface area contributed by atoms with Crippen molar-refractivity contribution >= 4 is 29.3 Å². The van der Waals surface area contributed by atoms with E-state index in [9.17, 15) is 4.39 Å². The van der Waals surface area contributed by atoms with Gasteiger partial charge in [-0.3, -0.25) is 9.89 Å². The largest absolute Gasteiger partial charge is 0.376 e. The van der Waals surface area contributed by atoms with E-state index in [1.54, 1.807) is 30.9 Å². The minimum Gasteiger partial charge on any atom is -0.376 e. The van der Waals surface area contributed by atoms with Crippen LogP contribution in [0, 0.1) is 5.82 Å². The van der Waals surface area contributed by atoms with Gasteiger partial charge in [0, 0.05) is 49.6 Å². The van der Waals surface area contributed by atoms with Crippen molar-refractivity contribution in [2.45, 2.75) is 19.1 Å². The number of ether oxygens (including phenoxy) is 1. The summed E-state index contributed by atoms with van der Waals surface area (Å²) in [6, 6.07) is 4.64. The molecule has 1 aromatic rings. The van der Waals surface area contributed by atoms with E-state index in [2.05, 4.69) is 26.8 Å². The predicted octanol–water partition coefficient (Wildman–Crippen LogP) is 2.77. The highest BCUT2D eigenvalue weighted by atomic mass is 35.5. The molecule has 1 aliphatic rings. The van der Waals surface area contributed by atoms with Crippen LogP contribution in [0.15, 0.2) is 23.2 Å². The Kier molecular flexibility index (Phi) is 8.98. The molecule has 0 saturated carbocycles. The standard InChI is InChI=1S/C18H28ClFN4OS/c1-13-12-24(8-9-25-13)16(17-14(19)5-4-6-15(17)20)11-23-18(21-2)22-7-10-26-3/h4-6,13,16H,7-12H2,1-3H3,(H2,21,22,23). The van der Waals surface area contributed by atoms with Gasteiger partial charge in [0.1, 0.15) is 5.82 Å². The molecular formula is C18H28ClFN4OS. The summed E-state index contributed by atoms with van der Waals surface area (Å²) in [5, 5.41) is 7.03. The van der Waals surface area contributed by atoms with Gasteiger partial charge < -0.3 is 15.4 Å². The molecule has 1 heterocycles. The Labute approximate surface area is 164 Å². The van der Waals surface area contributed by atoms with Gasteiger partial charge in [0.2, 0.25) is 0 Å². The van der Waals surface area contributed by atoms with Gasteiger partial charge in [-0.25, -0.2) is 4.39 Å². The van der Waals surface area contributed by atoms with Gasteiger partial charge in [-0.2, -0.15) is 11.8 Å². The first-order chi connectivity index (χ1) is 12.6. The third kappa shape index (κ3) is 6.01. The summed E-state index contributed by atoms with van der Waals surface area (Å²) in [5.41, 5.74) is 0.523. The summed E-state index contributed by atoms with van der Waals surface area (Å²) < 4.78 is 20.2. The number of nitrogens with one attached hydrogen (secondary N) is 2. The van der Waals surface area contributed by atoms with Gasteiger partial charge in [0.15, 0.2) is 5.96 Å². The molecule has 2 atom stereocenters. The maximum Gasteiger partial charge on any atom is 0.191 e. The molecule has 0 spiro atoms. The number of guanidine groups is 1. The first-order valence-electron chi connectivity index (χ1n) is 8.79. The molecule has 2 N–H and O–H groups in total. The van der Waals surface area contributed by atoms with Crippen LogP contribution >= 0.6 is 23.4 Å². The number of hydrogen-bond acceptors (Lipinski definition) is 4. The zero-order valence-electron chi connectivity index (χ0n) is 15.6. The Bertz CT molecular complexity index is 584. The fourth-order valence-electron chi connectivity index (χ4n) is 3.06. The molecule has 1 aliphatic heterocycles. The maximum absolute atomic E-state index is 14.6. The number of thioether (sulfide) groups is 1. The zero-order chi connectivity index (χ0) is 18.9. The third-order valence-corrected chi connectivity index (χ3v) is 5.27. The number of halogens is 2. The molecule has 1 aromatic carbocycles. The summed E-state index contributed by atoms with van der Waals surface area (Å²) in [5.74, 6) is 1.41. The molecule has 0 amide bonds. The molecule has 26 heavy (non-hydrogen) atoms. The van der Waals surface area contributed by atoms with Crippen molar-refractivity contribution in [3.63, 3.8) is 0 Å². The Balaban J connectivity index is 2.15. The Morgan fingerprint density at radius 3 is 2.96 bits per heavy atom. The average molecular weight is 403 g/mol. The van der Waals surface area contributed by atoms with E-state index in [-0.39, 0.29) is 18.0 Å². The lowest BCUT2D eigenvalue weighted by Crippen LogP contribution is -2.48. The summed E-state index contributed by atoms with van der Waals surface area (Å²) >= 11 is 8.12. The maximum atomic E-state index is 14.6. The van der Waals surface area contributed by atoms with Crippen molar-refractivity contribution in [2.24, 2.45) is 4.99 Å². The van der Waals surface area contributed by atoms with Crippen LogP contribution in [-0.4, -0.2) is 68.8 Å².